The number of carbonyl (C=O) groups is 2. The lowest BCUT2D eigenvalue weighted by Crippen LogP contribution is -2.63. The normalized spacial score (nSPS) is 17.3. The molecule has 0 spiro atoms. The number of nitrogens with zero attached hydrogens (tertiary/aromatic N) is 2. The van der Waals surface area contributed by atoms with E-state index in [1.54, 1.807) is 36.1 Å². The maximum absolute atomic E-state index is 12.5. The fraction of sp³-hybridized carbons (Fsp3) is 0.500. The van der Waals surface area contributed by atoms with Crippen LogP contribution in [0.1, 0.15) is 24.2 Å². The summed E-state index contributed by atoms with van der Waals surface area (Å²) in [4.78, 5) is 26.1. The second-order valence-electron chi connectivity index (χ2n) is 7.15. The number of sulfonamides is 1. The molecule has 0 bridgehead atoms. The molecule has 0 radical (unpaired) electrons. The Hall–Kier alpha value is -2.61. The van der Waals surface area contributed by atoms with Crippen LogP contribution in [0.25, 0.3) is 0 Å². The van der Waals surface area contributed by atoms with Crippen molar-refractivity contribution in [2.45, 2.75) is 19.4 Å². The van der Waals surface area contributed by atoms with Crippen molar-refractivity contribution < 1.29 is 27.9 Å². The first-order chi connectivity index (χ1) is 14.1. The third kappa shape index (κ3) is 5.95. The average molecular weight is 438 g/mol. The number of benzene rings is 1. The van der Waals surface area contributed by atoms with Gasteiger partial charge < -0.3 is 15.2 Å². The van der Waals surface area contributed by atoms with Crippen LogP contribution in [0.4, 0.5) is 0 Å². The summed E-state index contributed by atoms with van der Waals surface area (Å²) in [5, 5.41) is 12.5. The molecule has 0 unspecified atom stereocenters. The van der Waals surface area contributed by atoms with Gasteiger partial charge in [0.1, 0.15) is 17.9 Å². The van der Waals surface area contributed by atoms with Gasteiger partial charge in [-0.3, -0.25) is 14.5 Å². The van der Waals surface area contributed by atoms with Gasteiger partial charge >= 0.3 is 5.97 Å². The zero-order valence-corrected chi connectivity index (χ0v) is 18.2. The molecule has 1 aliphatic rings. The highest BCUT2D eigenvalue weighted by Crippen LogP contribution is 2.19. The molecule has 1 aromatic carbocycles. The molecule has 1 atom stereocenters. The van der Waals surface area contributed by atoms with Gasteiger partial charge in [-0.15, -0.1) is 5.92 Å². The Bertz CT molecular complexity index is 928. The van der Waals surface area contributed by atoms with Crippen LogP contribution < -0.4 is 10.1 Å². The van der Waals surface area contributed by atoms with Crippen LogP contribution in [0, 0.1) is 11.8 Å². The average Bonchev–Trinajstić information content (AvgIpc) is 2.71. The Morgan fingerprint density at radius 1 is 1.20 bits per heavy atom. The fourth-order valence-electron chi connectivity index (χ4n) is 3.08. The quantitative estimate of drug-likeness (QED) is 0.560. The summed E-state index contributed by atoms with van der Waals surface area (Å²) in [6.07, 6.45) is 1.13. The standard InChI is InChI=1S/C20H27N3O6S/c1-4-5-14-29-17-8-6-16(7-9-17)18(24)21-15-20(2,19(25)26)22-10-12-23(13-11-22)30(3,27)28/h6-9H,10-15H2,1-3H3,(H,21,24)(H,25,26)/t20-/m1/s1. The minimum atomic E-state index is -3.32. The van der Waals surface area contributed by atoms with Crippen molar-refractivity contribution >= 4 is 21.9 Å². The highest BCUT2D eigenvalue weighted by Gasteiger charge is 2.42. The molecule has 2 N–H and O–H groups in total. The number of rotatable bonds is 8. The lowest BCUT2D eigenvalue weighted by atomic mass is 9.98. The molecule has 0 saturated carbocycles. The van der Waals surface area contributed by atoms with E-state index in [1.165, 1.54) is 11.2 Å². The predicted molar refractivity (Wildman–Crippen MR) is 112 cm³/mol. The van der Waals surface area contributed by atoms with Crippen molar-refractivity contribution in [3.8, 4) is 17.6 Å². The van der Waals surface area contributed by atoms with Crippen molar-refractivity contribution in [1.29, 1.82) is 0 Å². The first-order valence-electron chi connectivity index (χ1n) is 9.42. The van der Waals surface area contributed by atoms with E-state index >= 15 is 0 Å². The summed E-state index contributed by atoms with van der Waals surface area (Å²) in [6, 6.07) is 6.47. The number of hydrogen-bond acceptors (Lipinski definition) is 6. The van der Waals surface area contributed by atoms with Gasteiger partial charge in [-0.05, 0) is 38.1 Å². The number of piperazine rings is 1. The van der Waals surface area contributed by atoms with E-state index < -0.39 is 27.4 Å². The molecule has 164 valence electrons. The summed E-state index contributed by atoms with van der Waals surface area (Å²) in [7, 11) is -3.32. The van der Waals surface area contributed by atoms with Crippen molar-refractivity contribution in [3.05, 3.63) is 29.8 Å². The second-order valence-corrected chi connectivity index (χ2v) is 9.13. The van der Waals surface area contributed by atoms with E-state index in [1.807, 2.05) is 0 Å². The minimum Gasteiger partial charge on any atom is -0.481 e. The number of carboxylic acid groups (broad SMARTS) is 1. The number of hydrogen-bond donors (Lipinski definition) is 2. The molecule has 1 amide bonds. The first-order valence-corrected chi connectivity index (χ1v) is 11.3. The van der Waals surface area contributed by atoms with Gasteiger partial charge in [0.05, 0.1) is 6.26 Å². The van der Waals surface area contributed by atoms with Crippen molar-refractivity contribution in [3.63, 3.8) is 0 Å². The van der Waals surface area contributed by atoms with E-state index in [-0.39, 0.29) is 39.3 Å². The maximum Gasteiger partial charge on any atom is 0.325 e. The smallest absolute Gasteiger partial charge is 0.325 e. The van der Waals surface area contributed by atoms with Crippen LogP contribution in [-0.4, -0.2) is 85.7 Å². The Labute approximate surface area is 177 Å². The Kier molecular flexibility index (Phi) is 7.83. The van der Waals surface area contributed by atoms with Crippen molar-refractivity contribution in [1.82, 2.24) is 14.5 Å². The highest BCUT2D eigenvalue weighted by molar-refractivity contribution is 7.88. The zero-order chi connectivity index (χ0) is 22.4. The summed E-state index contributed by atoms with van der Waals surface area (Å²) >= 11 is 0. The molecule has 2 rings (SSSR count). The molecular weight excluding hydrogens is 410 g/mol. The van der Waals surface area contributed by atoms with Crippen LogP contribution in [-0.2, 0) is 14.8 Å². The van der Waals surface area contributed by atoms with E-state index in [4.69, 9.17) is 4.74 Å². The van der Waals surface area contributed by atoms with Gasteiger partial charge in [-0.1, -0.05) is 5.92 Å². The van der Waals surface area contributed by atoms with Crippen LogP contribution in [0.15, 0.2) is 24.3 Å². The van der Waals surface area contributed by atoms with Crippen molar-refractivity contribution in [2.24, 2.45) is 0 Å². The predicted octanol–water partition coefficient (Wildman–Crippen LogP) is 0.239. The largest absolute Gasteiger partial charge is 0.481 e. The van der Waals surface area contributed by atoms with E-state index in [9.17, 15) is 23.1 Å². The van der Waals surface area contributed by atoms with Crippen LogP contribution >= 0.6 is 0 Å². The Balaban J connectivity index is 1.99. The van der Waals surface area contributed by atoms with Gasteiger partial charge in [0, 0.05) is 38.3 Å². The molecule has 1 saturated heterocycles. The zero-order valence-electron chi connectivity index (χ0n) is 17.3. The van der Waals surface area contributed by atoms with Gasteiger partial charge in [0.15, 0.2) is 0 Å². The summed E-state index contributed by atoms with van der Waals surface area (Å²) in [5.74, 6) is 4.58. The van der Waals surface area contributed by atoms with Crippen molar-refractivity contribution in [2.75, 3.05) is 45.6 Å². The first kappa shape index (κ1) is 23.7. The molecule has 1 aromatic rings. The fourth-order valence-corrected chi connectivity index (χ4v) is 3.91. The van der Waals surface area contributed by atoms with E-state index in [2.05, 4.69) is 17.2 Å². The molecular formula is C20H27N3O6S. The van der Waals surface area contributed by atoms with E-state index in [0.717, 1.165) is 6.26 Å². The highest BCUT2D eigenvalue weighted by atomic mass is 32.2. The molecule has 1 heterocycles. The van der Waals surface area contributed by atoms with Gasteiger partial charge in [0.25, 0.3) is 5.91 Å². The van der Waals surface area contributed by atoms with Gasteiger partial charge in [0.2, 0.25) is 10.0 Å². The monoisotopic (exact) mass is 437 g/mol. The number of ether oxygens (including phenoxy) is 1. The van der Waals surface area contributed by atoms with Gasteiger partial charge in [-0.2, -0.15) is 4.31 Å². The maximum atomic E-state index is 12.5. The summed E-state index contributed by atoms with van der Waals surface area (Å²) < 4.78 is 30.1. The third-order valence-electron chi connectivity index (χ3n) is 5.06. The number of nitrogens with one attached hydrogen (secondary N) is 1. The Morgan fingerprint density at radius 3 is 2.30 bits per heavy atom. The van der Waals surface area contributed by atoms with E-state index in [0.29, 0.717) is 11.3 Å². The third-order valence-corrected chi connectivity index (χ3v) is 6.37. The molecule has 9 nitrogen and oxygen atoms in total. The van der Waals surface area contributed by atoms with Crippen LogP contribution in [0.3, 0.4) is 0 Å². The van der Waals surface area contributed by atoms with Crippen LogP contribution in [0.2, 0.25) is 0 Å². The number of carbonyl (C=O) groups excluding carboxylic acids is 1. The SMILES string of the molecule is CC#CCOc1ccc(C(=O)NC[C@](C)(C(=O)O)N2CCN(S(C)(=O)=O)CC2)cc1. The number of aliphatic carboxylic acids is 1. The number of amides is 1. The molecule has 30 heavy (non-hydrogen) atoms. The van der Waals surface area contributed by atoms with Gasteiger partial charge in [-0.25, -0.2) is 8.42 Å². The lowest BCUT2D eigenvalue weighted by Gasteiger charge is -2.42. The minimum absolute atomic E-state index is 0.121. The molecule has 1 fully saturated rings. The molecule has 10 heteroatoms. The molecule has 1 aliphatic heterocycles. The second kappa shape index (κ2) is 9.93. The summed E-state index contributed by atoms with van der Waals surface area (Å²) in [6.45, 7) is 4.32. The topological polar surface area (TPSA) is 116 Å². The molecule has 0 aliphatic carbocycles. The lowest BCUT2D eigenvalue weighted by molar-refractivity contribution is -0.151. The number of carboxylic acids is 1. The summed E-state index contributed by atoms with van der Waals surface area (Å²) in [5.41, 5.74) is -0.986. The van der Waals surface area contributed by atoms with Crippen LogP contribution in [0.5, 0.6) is 5.75 Å². The molecule has 0 aromatic heterocycles. The Morgan fingerprint density at radius 2 is 1.80 bits per heavy atom.